The van der Waals surface area contributed by atoms with Crippen molar-refractivity contribution in [2.45, 2.75) is 31.0 Å². The molecule has 3 N–H and O–H groups in total. The molecule has 2 saturated heterocycles. The lowest BCUT2D eigenvalue weighted by molar-refractivity contribution is 0.0385. The van der Waals surface area contributed by atoms with Crippen LogP contribution in [-0.2, 0) is 0 Å². The van der Waals surface area contributed by atoms with E-state index >= 15 is 0 Å². The predicted octanol–water partition coefficient (Wildman–Crippen LogP) is -0.575. The van der Waals surface area contributed by atoms with E-state index in [1.165, 1.54) is 6.42 Å². The van der Waals surface area contributed by atoms with Gasteiger partial charge in [0.15, 0.2) is 0 Å². The molecule has 2 aliphatic rings. The van der Waals surface area contributed by atoms with Crippen LogP contribution >= 0.6 is 12.4 Å². The summed E-state index contributed by atoms with van der Waals surface area (Å²) in [6, 6.07) is 0.278. The summed E-state index contributed by atoms with van der Waals surface area (Å²) in [6.07, 6.45) is 0.963. The van der Waals surface area contributed by atoms with E-state index in [4.69, 9.17) is 0 Å². The fourth-order valence-corrected chi connectivity index (χ4v) is 2.55. The Hall–Kier alpha value is 0.130. The number of rotatable bonds is 2. The predicted molar refractivity (Wildman–Crippen MR) is 63.6 cm³/mol. The minimum atomic E-state index is -0.211. The van der Waals surface area contributed by atoms with Crippen molar-refractivity contribution in [2.24, 2.45) is 0 Å². The lowest BCUT2D eigenvalue weighted by Gasteiger charge is -2.40. The van der Waals surface area contributed by atoms with Crippen LogP contribution in [0, 0.1) is 0 Å². The lowest BCUT2D eigenvalue weighted by atomic mass is 9.96. The minimum Gasteiger partial charge on any atom is -0.390 e. The number of aliphatic hydroxyl groups excluding tert-OH is 1. The van der Waals surface area contributed by atoms with E-state index in [0.717, 1.165) is 26.2 Å². The molecule has 2 fully saturated rings. The topological polar surface area (TPSA) is 47.5 Å². The number of halogens is 1. The summed E-state index contributed by atoms with van der Waals surface area (Å²) in [5, 5.41) is 16.4. The van der Waals surface area contributed by atoms with Gasteiger partial charge < -0.3 is 15.7 Å². The second kappa shape index (κ2) is 4.97. The van der Waals surface area contributed by atoms with Gasteiger partial charge in [-0.25, -0.2) is 0 Å². The summed E-state index contributed by atoms with van der Waals surface area (Å²) >= 11 is 0. The molecule has 2 rings (SSSR count). The highest BCUT2D eigenvalue weighted by Crippen LogP contribution is 2.25. The van der Waals surface area contributed by atoms with Gasteiger partial charge in [0.2, 0.25) is 0 Å². The fourth-order valence-electron chi connectivity index (χ4n) is 2.55. The molecule has 15 heavy (non-hydrogen) atoms. The van der Waals surface area contributed by atoms with Gasteiger partial charge in [0.1, 0.15) is 0 Å². The first-order valence-corrected chi connectivity index (χ1v) is 5.46. The standard InChI is InChI=1S/C10H21N3O.ClH/c1-10(3-4-11-7-10)13(2)8-5-12-6-9(8)14;/h8-9,11-12,14H,3-7H2,1-2H3;1H/t8-,9-,10?;/m1./s1. The molecule has 0 aromatic carbocycles. The highest BCUT2D eigenvalue weighted by molar-refractivity contribution is 5.85. The third-order valence-electron chi connectivity index (χ3n) is 3.85. The summed E-state index contributed by atoms with van der Waals surface area (Å²) < 4.78 is 0. The fraction of sp³-hybridized carbons (Fsp3) is 1.00. The van der Waals surface area contributed by atoms with E-state index in [2.05, 4.69) is 29.5 Å². The lowest BCUT2D eigenvalue weighted by Crippen LogP contribution is -2.54. The SMILES string of the molecule is CN([C@@H]1CNC[C@H]1O)C1(C)CCNC1.Cl. The molecule has 1 unspecified atom stereocenters. The van der Waals surface area contributed by atoms with Crippen molar-refractivity contribution in [1.29, 1.82) is 0 Å². The number of nitrogens with one attached hydrogen (secondary N) is 2. The average molecular weight is 236 g/mol. The molecule has 0 spiro atoms. The van der Waals surface area contributed by atoms with Gasteiger partial charge in [-0.1, -0.05) is 0 Å². The molecular weight excluding hydrogens is 214 g/mol. The molecule has 3 atom stereocenters. The smallest absolute Gasteiger partial charge is 0.0831 e. The zero-order valence-corrected chi connectivity index (χ0v) is 10.3. The van der Waals surface area contributed by atoms with Crippen molar-refractivity contribution in [2.75, 3.05) is 33.2 Å². The first-order chi connectivity index (χ1) is 6.63. The number of likely N-dealkylation sites (N-methyl/N-ethyl adjacent to an activating group) is 1. The Morgan fingerprint density at radius 1 is 1.33 bits per heavy atom. The maximum Gasteiger partial charge on any atom is 0.0831 e. The summed E-state index contributed by atoms with van der Waals surface area (Å²) in [5.74, 6) is 0. The highest BCUT2D eigenvalue weighted by atomic mass is 35.5. The first kappa shape index (κ1) is 13.2. The number of nitrogens with zero attached hydrogens (tertiary/aromatic N) is 1. The van der Waals surface area contributed by atoms with Gasteiger partial charge in [-0.3, -0.25) is 4.90 Å². The Balaban J connectivity index is 0.00000112. The number of hydrogen-bond donors (Lipinski definition) is 3. The van der Waals surface area contributed by atoms with Gasteiger partial charge in [-0.05, 0) is 26.9 Å². The van der Waals surface area contributed by atoms with Gasteiger partial charge in [0, 0.05) is 31.2 Å². The van der Waals surface area contributed by atoms with E-state index in [-0.39, 0.29) is 30.1 Å². The molecule has 2 aliphatic heterocycles. The van der Waals surface area contributed by atoms with Crippen LogP contribution in [0.25, 0.3) is 0 Å². The summed E-state index contributed by atoms with van der Waals surface area (Å²) in [4.78, 5) is 2.34. The van der Waals surface area contributed by atoms with Gasteiger partial charge in [-0.15, -0.1) is 12.4 Å². The van der Waals surface area contributed by atoms with Crippen LogP contribution in [0.2, 0.25) is 0 Å². The summed E-state index contributed by atoms with van der Waals surface area (Å²) in [6.45, 7) is 6.05. The van der Waals surface area contributed by atoms with Crippen LogP contribution in [0.1, 0.15) is 13.3 Å². The second-order valence-corrected chi connectivity index (χ2v) is 4.83. The van der Waals surface area contributed by atoms with Crippen molar-refractivity contribution < 1.29 is 5.11 Å². The van der Waals surface area contributed by atoms with Crippen molar-refractivity contribution in [1.82, 2.24) is 15.5 Å². The van der Waals surface area contributed by atoms with E-state index in [9.17, 15) is 5.11 Å². The largest absolute Gasteiger partial charge is 0.390 e. The zero-order chi connectivity index (χ0) is 10.2. The number of aliphatic hydroxyl groups is 1. The van der Waals surface area contributed by atoms with Crippen LogP contribution in [0.4, 0.5) is 0 Å². The van der Waals surface area contributed by atoms with E-state index in [1.54, 1.807) is 0 Å². The van der Waals surface area contributed by atoms with Crippen LogP contribution in [-0.4, -0.2) is 60.9 Å². The molecule has 0 radical (unpaired) electrons. The quantitative estimate of drug-likeness (QED) is 0.600. The number of hydrogen-bond acceptors (Lipinski definition) is 4. The Morgan fingerprint density at radius 3 is 2.53 bits per heavy atom. The van der Waals surface area contributed by atoms with Crippen LogP contribution < -0.4 is 10.6 Å². The Kier molecular flexibility index (Phi) is 4.38. The van der Waals surface area contributed by atoms with Crippen LogP contribution in [0.15, 0.2) is 0 Å². The average Bonchev–Trinajstić information content (AvgIpc) is 2.74. The van der Waals surface area contributed by atoms with Crippen molar-refractivity contribution in [3.8, 4) is 0 Å². The van der Waals surface area contributed by atoms with Gasteiger partial charge in [0.25, 0.3) is 0 Å². The third kappa shape index (κ3) is 2.45. The summed E-state index contributed by atoms with van der Waals surface area (Å²) in [5.41, 5.74) is 0.220. The molecule has 90 valence electrons. The maximum atomic E-state index is 9.81. The molecule has 4 nitrogen and oxygen atoms in total. The van der Waals surface area contributed by atoms with Crippen LogP contribution in [0.5, 0.6) is 0 Å². The Morgan fingerprint density at radius 2 is 2.07 bits per heavy atom. The molecule has 2 heterocycles. The van der Waals surface area contributed by atoms with Gasteiger partial charge in [0.05, 0.1) is 6.10 Å². The molecular formula is C10H22ClN3O. The highest BCUT2D eigenvalue weighted by Gasteiger charge is 2.40. The van der Waals surface area contributed by atoms with E-state index < -0.39 is 0 Å². The Labute approximate surface area is 97.8 Å². The van der Waals surface area contributed by atoms with Crippen molar-refractivity contribution in [3.05, 3.63) is 0 Å². The minimum absolute atomic E-state index is 0. The second-order valence-electron chi connectivity index (χ2n) is 4.83. The van der Waals surface area contributed by atoms with E-state index in [0.29, 0.717) is 0 Å². The van der Waals surface area contributed by atoms with Crippen molar-refractivity contribution >= 4 is 12.4 Å². The molecule has 0 aromatic heterocycles. The molecule has 0 aliphatic carbocycles. The van der Waals surface area contributed by atoms with Crippen LogP contribution in [0.3, 0.4) is 0 Å². The summed E-state index contributed by atoms with van der Waals surface area (Å²) in [7, 11) is 2.13. The monoisotopic (exact) mass is 235 g/mol. The van der Waals surface area contributed by atoms with Gasteiger partial charge in [-0.2, -0.15) is 0 Å². The molecule has 0 aromatic rings. The molecule has 0 amide bonds. The molecule has 0 saturated carbocycles. The van der Waals surface area contributed by atoms with Crippen molar-refractivity contribution in [3.63, 3.8) is 0 Å². The van der Waals surface area contributed by atoms with Gasteiger partial charge >= 0.3 is 0 Å². The zero-order valence-electron chi connectivity index (χ0n) is 9.49. The molecule has 5 heteroatoms. The molecule has 0 bridgehead atoms. The first-order valence-electron chi connectivity index (χ1n) is 5.46. The normalized spacial score (nSPS) is 40.8. The van der Waals surface area contributed by atoms with E-state index in [1.807, 2.05) is 0 Å². The maximum absolute atomic E-state index is 9.81. The third-order valence-corrected chi connectivity index (χ3v) is 3.85. The Bertz CT molecular complexity index is 209. The number of β-amino-alcohol motifs (C(OH)–C–C–N with tert-alkyl or cyclic N) is 1.